The molecule has 4 aromatic carbocycles. The van der Waals surface area contributed by atoms with E-state index >= 15 is 0 Å². The standard InChI is InChI=1S/C36H35F3N2O3/c1-43-31-13-9-28(10-14-31)35(29-11-15-32(44-2)16-12-29)18-4-19-40(24-35)23-25-5-3-6-27(21-25)34(42)41-20-17-26-7-8-30(22-33(26)41)36(37,38)39/h3,5-16,21-22H,4,17-20,23-24H2,1-2H3. The number of benzene rings is 4. The number of rotatable bonds is 7. The quantitative estimate of drug-likeness (QED) is 0.220. The van der Waals surface area contributed by atoms with E-state index in [9.17, 15) is 18.0 Å². The molecule has 0 aliphatic carbocycles. The van der Waals surface area contributed by atoms with Crippen LogP contribution in [0.15, 0.2) is 91.0 Å². The molecule has 0 unspecified atom stereocenters. The van der Waals surface area contributed by atoms with Crippen LogP contribution in [0.2, 0.25) is 0 Å². The molecule has 6 rings (SSSR count). The Bertz CT molecular complexity index is 1590. The maximum atomic E-state index is 13.6. The molecule has 0 saturated carbocycles. The number of likely N-dealkylation sites (tertiary alicyclic amines) is 1. The third-order valence-electron chi connectivity index (χ3n) is 8.99. The van der Waals surface area contributed by atoms with E-state index in [4.69, 9.17) is 9.47 Å². The monoisotopic (exact) mass is 600 g/mol. The molecule has 2 heterocycles. The Morgan fingerprint density at radius 2 is 1.50 bits per heavy atom. The van der Waals surface area contributed by atoms with E-state index < -0.39 is 11.7 Å². The highest BCUT2D eigenvalue weighted by Gasteiger charge is 2.39. The summed E-state index contributed by atoms with van der Waals surface area (Å²) in [6, 6.07) is 27.7. The van der Waals surface area contributed by atoms with Crippen LogP contribution < -0.4 is 14.4 Å². The summed E-state index contributed by atoms with van der Waals surface area (Å²) >= 11 is 0. The van der Waals surface area contributed by atoms with E-state index in [0.29, 0.717) is 30.8 Å². The van der Waals surface area contributed by atoms with Crippen molar-refractivity contribution < 1.29 is 27.4 Å². The molecule has 1 saturated heterocycles. The smallest absolute Gasteiger partial charge is 0.416 e. The molecule has 2 aliphatic heterocycles. The Kier molecular flexibility index (Phi) is 8.12. The van der Waals surface area contributed by atoms with E-state index in [-0.39, 0.29) is 11.3 Å². The van der Waals surface area contributed by atoms with Crippen molar-refractivity contribution in [2.75, 3.05) is 38.8 Å². The number of nitrogens with zero attached hydrogens (tertiary/aromatic N) is 2. The first-order valence-electron chi connectivity index (χ1n) is 14.8. The van der Waals surface area contributed by atoms with Gasteiger partial charge in [-0.25, -0.2) is 0 Å². The van der Waals surface area contributed by atoms with Gasteiger partial charge in [-0.15, -0.1) is 0 Å². The number of alkyl halides is 3. The van der Waals surface area contributed by atoms with Crippen molar-refractivity contribution in [3.05, 3.63) is 124 Å². The molecular weight excluding hydrogens is 565 g/mol. The Morgan fingerprint density at radius 3 is 2.11 bits per heavy atom. The van der Waals surface area contributed by atoms with Crippen molar-refractivity contribution in [2.24, 2.45) is 0 Å². The molecular formula is C36H35F3N2O3. The lowest BCUT2D eigenvalue weighted by molar-refractivity contribution is -0.137. The lowest BCUT2D eigenvalue weighted by atomic mass is 9.69. The van der Waals surface area contributed by atoms with Gasteiger partial charge in [0.25, 0.3) is 5.91 Å². The first kappa shape index (κ1) is 29.8. The molecule has 0 aromatic heterocycles. The van der Waals surface area contributed by atoms with Crippen LogP contribution >= 0.6 is 0 Å². The number of anilines is 1. The number of hydrogen-bond acceptors (Lipinski definition) is 4. The molecule has 1 fully saturated rings. The second-order valence-corrected chi connectivity index (χ2v) is 11.6. The van der Waals surface area contributed by atoms with Gasteiger partial charge in [0.05, 0.1) is 19.8 Å². The van der Waals surface area contributed by atoms with Gasteiger partial charge in [-0.1, -0.05) is 42.5 Å². The van der Waals surface area contributed by atoms with E-state index in [1.54, 1.807) is 20.3 Å². The highest BCUT2D eigenvalue weighted by molar-refractivity contribution is 6.07. The van der Waals surface area contributed by atoms with Gasteiger partial charge in [0, 0.05) is 36.3 Å². The number of halogens is 3. The first-order valence-corrected chi connectivity index (χ1v) is 14.8. The van der Waals surface area contributed by atoms with Crippen LogP contribution in [0.4, 0.5) is 18.9 Å². The second kappa shape index (κ2) is 12.0. The summed E-state index contributed by atoms with van der Waals surface area (Å²) in [4.78, 5) is 17.5. The largest absolute Gasteiger partial charge is 0.497 e. The van der Waals surface area contributed by atoms with Crippen molar-refractivity contribution in [1.82, 2.24) is 4.90 Å². The van der Waals surface area contributed by atoms with Gasteiger partial charge < -0.3 is 14.4 Å². The van der Waals surface area contributed by atoms with Gasteiger partial charge in [-0.05, 0) is 96.6 Å². The van der Waals surface area contributed by atoms with Crippen LogP contribution in [-0.2, 0) is 24.6 Å². The number of carbonyl (C=O) groups excluding carboxylic acids is 1. The number of piperidine rings is 1. The SMILES string of the molecule is COc1ccc(C2(c3ccc(OC)cc3)CCCN(Cc3cccc(C(=O)N4CCc5ccc(C(F)(F)F)cc54)c3)C2)cc1. The van der Waals surface area contributed by atoms with Crippen LogP contribution in [0.5, 0.6) is 11.5 Å². The van der Waals surface area contributed by atoms with Crippen molar-refractivity contribution >= 4 is 11.6 Å². The molecule has 2 aliphatic rings. The zero-order valence-corrected chi connectivity index (χ0v) is 24.9. The first-order chi connectivity index (χ1) is 21.2. The van der Waals surface area contributed by atoms with Crippen molar-refractivity contribution in [3.8, 4) is 11.5 Å². The zero-order chi connectivity index (χ0) is 30.9. The average Bonchev–Trinajstić information content (AvgIpc) is 3.48. The number of amides is 1. The lowest BCUT2D eigenvalue weighted by Crippen LogP contribution is -2.46. The summed E-state index contributed by atoms with van der Waals surface area (Å²) < 4.78 is 51.1. The maximum Gasteiger partial charge on any atom is 0.416 e. The van der Waals surface area contributed by atoms with Crippen molar-refractivity contribution in [2.45, 2.75) is 37.4 Å². The van der Waals surface area contributed by atoms with E-state index in [0.717, 1.165) is 60.7 Å². The number of carbonyl (C=O) groups is 1. The second-order valence-electron chi connectivity index (χ2n) is 11.6. The summed E-state index contributed by atoms with van der Waals surface area (Å²) in [5, 5.41) is 0. The zero-order valence-electron chi connectivity index (χ0n) is 24.9. The van der Waals surface area contributed by atoms with Gasteiger partial charge in [-0.2, -0.15) is 13.2 Å². The van der Waals surface area contributed by atoms with E-state index in [1.807, 2.05) is 42.5 Å². The molecule has 0 radical (unpaired) electrons. The minimum Gasteiger partial charge on any atom is -0.497 e. The Balaban J connectivity index is 1.25. The predicted molar refractivity (Wildman–Crippen MR) is 165 cm³/mol. The summed E-state index contributed by atoms with van der Waals surface area (Å²) in [5.74, 6) is 1.33. The van der Waals surface area contributed by atoms with E-state index in [2.05, 4.69) is 29.2 Å². The normalized spacial score (nSPS) is 16.4. The van der Waals surface area contributed by atoms with Gasteiger partial charge in [0.15, 0.2) is 0 Å². The molecule has 8 heteroatoms. The minimum absolute atomic E-state index is 0.250. The van der Waals surface area contributed by atoms with E-state index in [1.165, 1.54) is 22.1 Å². The highest BCUT2D eigenvalue weighted by atomic mass is 19.4. The van der Waals surface area contributed by atoms with Crippen LogP contribution in [-0.4, -0.2) is 44.7 Å². The third kappa shape index (κ3) is 5.78. The maximum absolute atomic E-state index is 13.6. The minimum atomic E-state index is -4.46. The molecule has 44 heavy (non-hydrogen) atoms. The summed E-state index contributed by atoms with van der Waals surface area (Å²) in [5.41, 5.74) is 3.98. The highest BCUT2D eigenvalue weighted by Crippen LogP contribution is 2.42. The fraction of sp³-hybridized carbons (Fsp3) is 0.306. The van der Waals surface area contributed by atoms with Gasteiger partial charge in [0.1, 0.15) is 11.5 Å². The predicted octanol–water partition coefficient (Wildman–Crippen LogP) is 7.51. The average molecular weight is 601 g/mol. The van der Waals surface area contributed by atoms with Crippen LogP contribution in [0, 0.1) is 0 Å². The van der Waals surface area contributed by atoms with Gasteiger partial charge in [0.2, 0.25) is 0 Å². The van der Waals surface area contributed by atoms with Gasteiger partial charge >= 0.3 is 6.18 Å². The molecule has 0 bridgehead atoms. The molecule has 0 atom stereocenters. The fourth-order valence-electron chi connectivity index (χ4n) is 6.72. The topological polar surface area (TPSA) is 42.0 Å². The molecule has 228 valence electrons. The third-order valence-corrected chi connectivity index (χ3v) is 8.99. The summed E-state index contributed by atoms with van der Waals surface area (Å²) in [6.45, 7) is 2.69. The molecule has 0 N–H and O–H groups in total. The van der Waals surface area contributed by atoms with Crippen LogP contribution in [0.25, 0.3) is 0 Å². The lowest BCUT2D eigenvalue weighted by Gasteiger charge is -2.44. The Hall–Kier alpha value is -4.30. The fourth-order valence-corrected chi connectivity index (χ4v) is 6.72. The number of ether oxygens (including phenoxy) is 2. The Labute approximate surface area is 255 Å². The van der Waals surface area contributed by atoms with Gasteiger partial charge in [-0.3, -0.25) is 9.69 Å². The molecule has 1 amide bonds. The molecule has 4 aromatic rings. The summed E-state index contributed by atoms with van der Waals surface area (Å²) in [7, 11) is 3.33. The van der Waals surface area contributed by atoms with Crippen LogP contribution in [0.1, 0.15) is 51.0 Å². The van der Waals surface area contributed by atoms with Crippen molar-refractivity contribution in [3.63, 3.8) is 0 Å². The summed E-state index contributed by atoms with van der Waals surface area (Å²) in [6.07, 6.45) is -1.96. The van der Waals surface area contributed by atoms with Crippen molar-refractivity contribution in [1.29, 1.82) is 0 Å². The van der Waals surface area contributed by atoms with Crippen LogP contribution in [0.3, 0.4) is 0 Å². The Morgan fingerprint density at radius 1 is 0.841 bits per heavy atom. The number of fused-ring (bicyclic) bond motifs is 1. The molecule has 0 spiro atoms. The number of methoxy groups -OCH3 is 2. The molecule has 5 nitrogen and oxygen atoms in total. The number of hydrogen-bond donors (Lipinski definition) is 0.